The van der Waals surface area contributed by atoms with Crippen molar-refractivity contribution in [1.82, 2.24) is 4.98 Å². The first kappa shape index (κ1) is 13.6. The third-order valence-electron chi connectivity index (χ3n) is 2.18. The van der Waals surface area contributed by atoms with Gasteiger partial charge >= 0.3 is 12.1 Å². The topological polar surface area (TPSA) is 63.3 Å². The van der Waals surface area contributed by atoms with Gasteiger partial charge in [0.2, 0.25) is 11.7 Å². The van der Waals surface area contributed by atoms with Gasteiger partial charge in [0.25, 0.3) is 0 Å². The highest BCUT2D eigenvalue weighted by atomic mass is 79.9. The van der Waals surface area contributed by atoms with Gasteiger partial charge in [-0.25, -0.2) is 9.78 Å². The van der Waals surface area contributed by atoms with Crippen molar-refractivity contribution in [3.05, 3.63) is 40.2 Å². The lowest BCUT2D eigenvalue weighted by molar-refractivity contribution is -0.141. The molecule has 0 atom stereocenters. The fourth-order valence-electron chi connectivity index (χ4n) is 1.37. The average molecular weight is 336 g/mol. The van der Waals surface area contributed by atoms with Crippen molar-refractivity contribution in [3.63, 3.8) is 0 Å². The first-order valence-corrected chi connectivity index (χ1v) is 5.65. The molecule has 0 fully saturated rings. The summed E-state index contributed by atoms with van der Waals surface area (Å²) in [6.07, 6.45) is -4.88. The summed E-state index contributed by atoms with van der Waals surface area (Å²) in [6.45, 7) is 0. The Hall–Kier alpha value is -1.83. The number of aromatic nitrogens is 1. The van der Waals surface area contributed by atoms with Gasteiger partial charge < -0.3 is 9.52 Å². The SMILES string of the molecule is O=C(O)c1oc(-c2ccc(Br)cc2)nc1C(F)(F)F. The first-order valence-electron chi connectivity index (χ1n) is 4.86. The van der Waals surface area contributed by atoms with E-state index in [1.807, 2.05) is 0 Å². The van der Waals surface area contributed by atoms with E-state index in [1.54, 1.807) is 12.1 Å². The number of carboxylic acid groups (broad SMARTS) is 1. The lowest BCUT2D eigenvalue weighted by Gasteiger charge is -2.00. The van der Waals surface area contributed by atoms with Crippen LogP contribution in [0.2, 0.25) is 0 Å². The quantitative estimate of drug-likeness (QED) is 0.906. The highest BCUT2D eigenvalue weighted by Crippen LogP contribution is 2.34. The zero-order chi connectivity index (χ0) is 14.2. The van der Waals surface area contributed by atoms with Crippen LogP contribution in [0.25, 0.3) is 11.5 Å². The summed E-state index contributed by atoms with van der Waals surface area (Å²) in [5.41, 5.74) is -1.29. The fraction of sp³-hybridized carbons (Fsp3) is 0.0909. The van der Waals surface area contributed by atoms with Crippen molar-refractivity contribution in [1.29, 1.82) is 0 Å². The molecule has 0 amide bonds. The van der Waals surface area contributed by atoms with E-state index in [9.17, 15) is 18.0 Å². The van der Waals surface area contributed by atoms with Gasteiger partial charge in [-0.2, -0.15) is 13.2 Å². The molecule has 1 aromatic carbocycles. The average Bonchev–Trinajstić information content (AvgIpc) is 2.74. The molecule has 0 radical (unpaired) electrons. The highest BCUT2D eigenvalue weighted by molar-refractivity contribution is 9.10. The number of nitrogens with zero attached hydrogens (tertiary/aromatic N) is 1. The second-order valence-electron chi connectivity index (χ2n) is 3.51. The van der Waals surface area contributed by atoms with Crippen molar-refractivity contribution in [3.8, 4) is 11.5 Å². The van der Waals surface area contributed by atoms with E-state index < -0.39 is 29.5 Å². The van der Waals surface area contributed by atoms with E-state index in [4.69, 9.17) is 5.11 Å². The van der Waals surface area contributed by atoms with Gasteiger partial charge in [0, 0.05) is 10.0 Å². The molecule has 1 N–H and O–H groups in total. The van der Waals surface area contributed by atoms with Crippen molar-refractivity contribution >= 4 is 21.9 Å². The number of alkyl halides is 3. The van der Waals surface area contributed by atoms with Crippen molar-refractivity contribution in [2.24, 2.45) is 0 Å². The second kappa shape index (κ2) is 4.69. The molecule has 2 rings (SSSR count). The zero-order valence-electron chi connectivity index (χ0n) is 9.03. The van der Waals surface area contributed by atoms with Crippen LogP contribution in [0, 0.1) is 0 Å². The fourth-order valence-corrected chi connectivity index (χ4v) is 1.64. The van der Waals surface area contributed by atoms with E-state index in [-0.39, 0.29) is 5.56 Å². The predicted octanol–water partition coefficient (Wildman–Crippen LogP) is 3.82. The van der Waals surface area contributed by atoms with Crippen LogP contribution in [-0.2, 0) is 6.18 Å². The van der Waals surface area contributed by atoms with Crippen LogP contribution >= 0.6 is 15.9 Å². The number of rotatable bonds is 2. The lowest BCUT2D eigenvalue weighted by Crippen LogP contribution is -2.11. The number of hydrogen-bond acceptors (Lipinski definition) is 3. The van der Waals surface area contributed by atoms with Crippen LogP contribution in [0.1, 0.15) is 16.2 Å². The number of carbonyl (C=O) groups is 1. The number of aromatic carboxylic acids is 1. The Morgan fingerprint density at radius 2 is 1.84 bits per heavy atom. The van der Waals surface area contributed by atoms with Crippen molar-refractivity contribution in [2.75, 3.05) is 0 Å². The van der Waals surface area contributed by atoms with Crippen LogP contribution in [0.5, 0.6) is 0 Å². The van der Waals surface area contributed by atoms with E-state index >= 15 is 0 Å². The number of oxazole rings is 1. The Bertz CT molecular complexity index is 619. The van der Waals surface area contributed by atoms with Crippen molar-refractivity contribution in [2.45, 2.75) is 6.18 Å². The largest absolute Gasteiger partial charge is 0.475 e. The molecular weight excluding hydrogens is 331 g/mol. The van der Waals surface area contributed by atoms with Crippen LogP contribution in [0.3, 0.4) is 0 Å². The van der Waals surface area contributed by atoms with Crippen LogP contribution in [-0.4, -0.2) is 16.1 Å². The highest BCUT2D eigenvalue weighted by Gasteiger charge is 2.41. The van der Waals surface area contributed by atoms with Gasteiger partial charge in [0.05, 0.1) is 0 Å². The summed E-state index contributed by atoms with van der Waals surface area (Å²) in [5.74, 6) is -3.43. The molecule has 0 saturated carbocycles. The lowest BCUT2D eigenvalue weighted by atomic mass is 10.2. The third-order valence-corrected chi connectivity index (χ3v) is 2.71. The number of carboxylic acids is 1. The number of halogens is 4. The molecule has 100 valence electrons. The molecule has 8 heteroatoms. The minimum Gasteiger partial charge on any atom is -0.475 e. The Morgan fingerprint density at radius 3 is 2.26 bits per heavy atom. The Labute approximate surface area is 113 Å². The van der Waals surface area contributed by atoms with Gasteiger partial charge in [-0.3, -0.25) is 0 Å². The minimum absolute atomic E-state index is 0.251. The van der Waals surface area contributed by atoms with E-state index in [0.717, 1.165) is 4.47 Å². The third kappa shape index (κ3) is 2.78. The van der Waals surface area contributed by atoms with Crippen molar-refractivity contribution < 1.29 is 27.5 Å². The Balaban J connectivity index is 2.55. The van der Waals surface area contributed by atoms with E-state index in [1.165, 1.54) is 12.1 Å². The molecule has 0 saturated heterocycles. The second-order valence-corrected chi connectivity index (χ2v) is 4.42. The Morgan fingerprint density at radius 1 is 1.26 bits per heavy atom. The van der Waals surface area contributed by atoms with E-state index in [2.05, 4.69) is 25.3 Å². The Kier molecular flexibility index (Phi) is 3.36. The van der Waals surface area contributed by atoms with Gasteiger partial charge in [-0.05, 0) is 24.3 Å². The summed E-state index contributed by atoms with van der Waals surface area (Å²) < 4.78 is 43.2. The maximum atomic E-state index is 12.6. The number of hydrogen-bond donors (Lipinski definition) is 1. The molecule has 0 aliphatic rings. The van der Waals surface area contributed by atoms with Gasteiger partial charge in [0.15, 0.2) is 5.69 Å². The number of benzene rings is 1. The van der Waals surface area contributed by atoms with Gasteiger partial charge in [0.1, 0.15) is 0 Å². The minimum atomic E-state index is -4.88. The maximum Gasteiger partial charge on any atom is 0.437 e. The van der Waals surface area contributed by atoms with Crippen LogP contribution < -0.4 is 0 Å². The predicted molar refractivity (Wildman–Crippen MR) is 61.6 cm³/mol. The molecule has 1 aromatic heterocycles. The zero-order valence-corrected chi connectivity index (χ0v) is 10.6. The first-order chi connectivity index (χ1) is 8.79. The molecule has 0 bridgehead atoms. The molecule has 2 aromatic rings. The molecule has 4 nitrogen and oxygen atoms in total. The standard InChI is InChI=1S/C11H5BrF3NO3/c12-6-3-1-5(2-4-6)9-16-8(11(13,14)15)7(19-9)10(17)18/h1-4H,(H,17,18). The molecule has 0 spiro atoms. The molecule has 1 heterocycles. The van der Waals surface area contributed by atoms with Crippen LogP contribution in [0.4, 0.5) is 13.2 Å². The molecule has 0 aliphatic heterocycles. The molecule has 0 unspecified atom stereocenters. The summed E-state index contributed by atoms with van der Waals surface area (Å²) in [4.78, 5) is 13.9. The molecule has 0 aliphatic carbocycles. The molecular formula is C11H5BrF3NO3. The summed E-state index contributed by atoms with van der Waals surface area (Å²) >= 11 is 3.17. The summed E-state index contributed by atoms with van der Waals surface area (Å²) in [7, 11) is 0. The van der Waals surface area contributed by atoms with Gasteiger partial charge in [-0.1, -0.05) is 15.9 Å². The normalized spacial score (nSPS) is 11.6. The maximum absolute atomic E-state index is 12.6. The summed E-state index contributed by atoms with van der Waals surface area (Å²) in [5, 5.41) is 8.69. The monoisotopic (exact) mass is 335 g/mol. The van der Waals surface area contributed by atoms with E-state index in [0.29, 0.717) is 0 Å². The molecule has 19 heavy (non-hydrogen) atoms. The smallest absolute Gasteiger partial charge is 0.437 e. The van der Waals surface area contributed by atoms with Crippen LogP contribution in [0.15, 0.2) is 33.2 Å². The van der Waals surface area contributed by atoms with Gasteiger partial charge in [-0.15, -0.1) is 0 Å². The summed E-state index contributed by atoms with van der Waals surface area (Å²) in [6, 6.07) is 6.07.